The van der Waals surface area contributed by atoms with Crippen LogP contribution in [-0.2, 0) is 20.2 Å². The van der Waals surface area contributed by atoms with Crippen LogP contribution in [0.15, 0.2) is 107 Å². The molecule has 0 saturated carbocycles. The zero-order valence-electron chi connectivity index (χ0n) is 28.2. The fourth-order valence-corrected chi connectivity index (χ4v) is 6.75. The Kier molecular flexibility index (Phi) is 9.74. The molecule has 17 heteroatoms. The minimum atomic E-state index is -4.60. The van der Waals surface area contributed by atoms with Crippen LogP contribution in [0.3, 0.4) is 0 Å². The van der Waals surface area contributed by atoms with Gasteiger partial charge in [-0.05, 0) is 109 Å². The average molecular weight is 771 g/mol. The molecule has 0 atom stereocenters. The van der Waals surface area contributed by atoms with Crippen molar-refractivity contribution in [2.24, 2.45) is 0 Å². The Morgan fingerprint density at radius 1 is 0.481 bits per heavy atom. The minimum Gasteiger partial charge on any atom is -0.507 e. The summed E-state index contributed by atoms with van der Waals surface area (Å²) in [6.07, 6.45) is 0. The summed E-state index contributed by atoms with van der Waals surface area (Å²) in [5, 5.41) is 32.2. The number of nitrogens with one attached hydrogen (secondary N) is 4. The number of benzene rings is 6. The van der Waals surface area contributed by atoms with Crippen molar-refractivity contribution in [2.45, 2.75) is 23.6 Å². The van der Waals surface area contributed by atoms with Crippen LogP contribution in [-0.4, -0.2) is 54.0 Å². The first kappa shape index (κ1) is 37.2. The zero-order chi connectivity index (χ0) is 39.1. The fraction of sp³-hybridized carbons (Fsp3) is 0.0541. The Morgan fingerprint density at radius 2 is 0.833 bits per heavy atom. The number of carbonyl (C=O) groups is 3. The third-order valence-corrected chi connectivity index (χ3v) is 10.1. The molecule has 0 saturated heterocycles. The highest BCUT2D eigenvalue weighted by Gasteiger charge is 2.18. The number of phenolic OH excluding ortho intramolecular Hbond substituents is 2. The van der Waals surface area contributed by atoms with Gasteiger partial charge in [0.25, 0.3) is 32.1 Å². The van der Waals surface area contributed by atoms with E-state index in [0.717, 1.165) is 24.3 Å². The van der Waals surface area contributed by atoms with Crippen LogP contribution in [0.2, 0.25) is 0 Å². The summed E-state index contributed by atoms with van der Waals surface area (Å²) in [5.74, 6) is -1.86. The second-order valence-electron chi connectivity index (χ2n) is 12.3. The van der Waals surface area contributed by atoms with Crippen molar-refractivity contribution < 1.29 is 50.5 Å². The maximum Gasteiger partial charge on any atom is 0.323 e. The smallest absolute Gasteiger partial charge is 0.323 e. The lowest BCUT2D eigenvalue weighted by atomic mass is 10.1. The maximum absolute atomic E-state index is 13.3. The predicted octanol–water partition coefficient (Wildman–Crippen LogP) is 6.66. The highest BCUT2D eigenvalue weighted by atomic mass is 32.2. The van der Waals surface area contributed by atoms with E-state index in [1.54, 1.807) is 38.1 Å². The molecule has 6 aromatic carbocycles. The van der Waals surface area contributed by atoms with Gasteiger partial charge < -0.3 is 31.5 Å². The Morgan fingerprint density at radius 3 is 1.20 bits per heavy atom. The van der Waals surface area contributed by atoms with Crippen LogP contribution in [0.1, 0.15) is 31.8 Å². The Balaban J connectivity index is 1.15. The van der Waals surface area contributed by atoms with Gasteiger partial charge in [0.15, 0.2) is 0 Å². The number of aryl methyl sites for hydroxylation is 2. The third-order valence-electron chi connectivity index (χ3n) is 8.40. The normalized spacial score (nSPS) is 11.6. The molecule has 276 valence electrons. The minimum absolute atomic E-state index is 0.204. The predicted molar refractivity (Wildman–Crippen MR) is 202 cm³/mol. The van der Waals surface area contributed by atoms with Gasteiger partial charge >= 0.3 is 6.03 Å². The van der Waals surface area contributed by atoms with Gasteiger partial charge in [0.1, 0.15) is 11.5 Å². The number of anilines is 4. The van der Waals surface area contributed by atoms with Gasteiger partial charge in [0.05, 0.1) is 9.79 Å². The molecule has 0 unspecified atom stereocenters. The molecule has 0 spiro atoms. The van der Waals surface area contributed by atoms with Crippen LogP contribution in [0.25, 0.3) is 21.5 Å². The second-order valence-corrected chi connectivity index (χ2v) is 15.1. The molecule has 0 radical (unpaired) electrons. The average Bonchev–Trinajstić information content (AvgIpc) is 3.08. The standard InChI is InChI=1S/C37H30N4O11S2/c1-19-3-5-25(15-31(19)35(44)38-23-7-9-29-21(11-23)13-27(17-33(29)42)53(47,48)49)40-37(46)41-26-6-4-20(2)32(16-26)36(45)39-24-8-10-30-22(12-24)14-28(18-34(30)43)54(50,51)52/h3-18,42-43H,1-2H3,(H,38,44)(H,39,45)(H2,40,41,46)(H,47,48,49)(H,50,51,52). The van der Waals surface area contributed by atoms with Crippen molar-refractivity contribution in [3.05, 3.63) is 119 Å². The first-order valence-electron chi connectivity index (χ1n) is 15.8. The van der Waals surface area contributed by atoms with E-state index in [2.05, 4.69) is 21.3 Å². The van der Waals surface area contributed by atoms with E-state index in [1.807, 2.05) is 0 Å². The molecular weight excluding hydrogens is 741 g/mol. The number of hydrogen-bond donors (Lipinski definition) is 8. The first-order chi connectivity index (χ1) is 25.3. The summed E-state index contributed by atoms with van der Waals surface area (Å²) < 4.78 is 65.3. The van der Waals surface area contributed by atoms with Gasteiger partial charge in [0, 0.05) is 56.8 Å². The molecule has 0 bridgehead atoms. The molecule has 0 aromatic heterocycles. The molecule has 8 N–H and O–H groups in total. The van der Waals surface area contributed by atoms with E-state index >= 15 is 0 Å². The maximum atomic E-state index is 13.3. The van der Waals surface area contributed by atoms with Crippen molar-refractivity contribution in [1.29, 1.82) is 0 Å². The van der Waals surface area contributed by atoms with E-state index in [-0.39, 0.29) is 56.1 Å². The van der Waals surface area contributed by atoms with E-state index in [0.29, 0.717) is 21.9 Å². The summed E-state index contributed by atoms with van der Waals surface area (Å²) in [4.78, 5) is 38.5. The summed E-state index contributed by atoms with van der Waals surface area (Å²) in [5.41, 5.74) is 2.59. The highest BCUT2D eigenvalue weighted by molar-refractivity contribution is 7.86. The van der Waals surface area contributed by atoms with E-state index < -0.39 is 47.9 Å². The van der Waals surface area contributed by atoms with Crippen LogP contribution in [0.5, 0.6) is 11.5 Å². The van der Waals surface area contributed by atoms with Crippen molar-refractivity contribution in [3.63, 3.8) is 0 Å². The second kappa shape index (κ2) is 14.1. The number of fused-ring (bicyclic) bond motifs is 2. The molecule has 0 heterocycles. The molecular formula is C37H30N4O11S2. The Bertz CT molecular complexity index is 2600. The summed E-state index contributed by atoms with van der Waals surface area (Å²) in [6.45, 7) is 3.38. The molecule has 6 rings (SSSR count). The first-order valence-corrected chi connectivity index (χ1v) is 18.6. The molecule has 54 heavy (non-hydrogen) atoms. The van der Waals surface area contributed by atoms with Crippen LogP contribution >= 0.6 is 0 Å². The quantitative estimate of drug-likeness (QED) is 0.0760. The van der Waals surface area contributed by atoms with Crippen molar-refractivity contribution >= 4 is 82.4 Å². The molecule has 4 amide bonds. The molecule has 0 aliphatic heterocycles. The van der Waals surface area contributed by atoms with Gasteiger partial charge in [-0.2, -0.15) is 16.8 Å². The summed E-state index contributed by atoms with van der Waals surface area (Å²) in [6, 6.07) is 21.6. The molecule has 0 aliphatic carbocycles. The molecule has 6 aromatic rings. The van der Waals surface area contributed by atoms with Crippen molar-refractivity contribution in [3.8, 4) is 11.5 Å². The number of hydrogen-bond acceptors (Lipinski definition) is 9. The van der Waals surface area contributed by atoms with Gasteiger partial charge in [-0.15, -0.1) is 0 Å². The fourth-order valence-electron chi connectivity index (χ4n) is 5.68. The molecule has 0 fully saturated rings. The lowest BCUT2D eigenvalue weighted by molar-refractivity contribution is 0.101. The largest absolute Gasteiger partial charge is 0.507 e. The number of phenols is 2. The van der Waals surface area contributed by atoms with Crippen LogP contribution in [0, 0.1) is 13.8 Å². The highest BCUT2D eigenvalue weighted by Crippen LogP contribution is 2.32. The lowest BCUT2D eigenvalue weighted by Gasteiger charge is -2.14. The number of carbonyl (C=O) groups excluding carboxylic acids is 3. The van der Waals surface area contributed by atoms with E-state index in [9.17, 15) is 50.5 Å². The molecule has 15 nitrogen and oxygen atoms in total. The van der Waals surface area contributed by atoms with Crippen LogP contribution < -0.4 is 21.3 Å². The van der Waals surface area contributed by atoms with E-state index in [1.165, 1.54) is 48.5 Å². The number of amides is 4. The molecule has 0 aliphatic rings. The van der Waals surface area contributed by atoms with Crippen LogP contribution in [0.4, 0.5) is 27.5 Å². The number of rotatable bonds is 8. The van der Waals surface area contributed by atoms with Gasteiger partial charge in [0.2, 0.25) is 0 Å². The lowest BCUT2D eigenvalue weighted by Crippen LogP contribution is -2.21. The Hall–Kier alpha value is -6.53. The van der Waals surface area contributed by atoms with Gasteiger partial charge in [-0.1, -0.05) is 12.1 Å². The topological polar surface area (TPSA) is 249 Å². The van der Waals surface area contributed by atoms with Gasteiger partial charge in [-0.3, -0.25) is 18.7 Å². The third kappa shape index (κ3) is 8.08. The van der Waals surface area contributed by atoms with Gasteiger partial charge in [-0.25, -0.2) is 4.79 Å². The zero-order valence-corrected chi connectivity index (χ0v) is 29.8. The monoisotopic (exact) mass is 770 g/mol. The number of urea groups is 1. The summed E-state index contributed by atoms with van der Waals surface area (Å²) in [7, 11) is -9.20. The summed E-state index contributed by atoms with van der Waals surface area (Å²) >= 11 is 0. The van der Waals surface area contributed by atoms with Crippen molar-refractivity contribution in [1.82, 2.24) is 0 Å². The SMILES string of the molecule is Cc1ccc(NC(=O)Nc2ccc(C)c(C(=O)Nc3ccc4c(O)cc(S(=O)(=O)O)cc4c3)c2)cc1C(=O)Nc1ccc2c(O)cc(S(=O)(=O)O)cc2c1. The number of aromatic hydroxyl groups is 2. The Labute approximate surface area is 307 Å². The van der Waals surface area contributed by atoms with Crippen molar-refractivity contribution in [2.75, 3.05) is 21.3 Å². The van der Waals surface area contributed by atoms with E-state index in [4.69, 9.17) is 0 Å².